The van der Waals surface area contributed by atoms with Crippen molar-refractivity contribution < 1.29 is 13.9 Å². The van der Waals surface area contributed by atoms with Gasteiger partial charge in [-0.25, -0.2) is 9.37 Å². The first-order valence-corrected chi connectivity index (χ1v) is 12.5. The average molecular weight is 490 g/mol. The summed E-state index contributed by atoms with van der Waals surface area (Å²) in [6.07, 6.45) is 0.790. The van der Waals surface area contributed by atoms with Crippen LogP contribution in [0.4, 0.5) is 9.52 Å². The first-order valence-electron chi connectivity index (χ1n) is 10.5. The minimum Gasteiger partial charge on any atom is -0.379 e. The lowest BCUT2D eigenvalue weighted by molar-refractivity contribution is 0.0376. The van der Waals surface area contributed by atoms with Crippen LogP contribution in [0.2, 0.25) is 5.02 Å². The molecule has 1 aliphatic rings. The summed E-state index contributed by atoms with van der Waals surface area (Å²) < 4.78 is 20.8. The quantitative estimate of drug-likeness (QED) is 0.350. The molecule has 1 saturated heterocycles. The Bertz CT molecular complexity index is 1270. The molecule has 32 heavy (non-hydrogen) atoms. The third-order valence-electron chi connectivity index (χ3n) is 5.50. The second-order valence-corrected chi connectivity index (χ2v) is 10.1. The highest BCUT2D eigenvalue weighted by atomic mass is 35.5. The fraction of sp³-hybridized carbons (Fsp3) is 0.304. The Kier molecular flexibility index (Phi) is 6.39. The molecule has 9 heteroatoms. The van der Waals surface area contributed by atoms with Gasteiger partial charge in [0, 0.05) is 36.3 Å². The van der Waals surface area contributed by atoms with Crippen molar-refractivity contribution in [3.05, 3.63) is 58.2 Å². The molecule has 4 aromatic rings. The number of benzene rings is 2. The van der Waals surface area contributed by atoms with E-state index in [9.17, 15) is 9.18 Å². The number of aromatic nitrogens is 1. The van der Waals surface area contributed by atoms with E-state index in [1.54, 1.807) is 11.0 Å². The molecule has 3 heterocycles. The molecule has 1 amide bonds. The van der Waals surface area contributed by atoms with Gasteiger partial charge in [-0.3, -0.25) is 14.6 Å². The highest BCUT2D eigenvalue weighted by Crippen LogP contribution is 2.38. The minimum atomic E-state index is -0.314. The molecule has 2 aromatic carbocycles. The number of nitrogens with zero attached hydrogens (tertiary/aromatic N) is 3. The number of hydrogen-bond acceptors (Lipinski definition) is 6. The van der Waals surface area contributed by atoms with Crippen LogP contribution in [0, 0.1) is 5.82 Å². The molecule has 5 nitrogen and oxygen atoms in total. The largest absolute Gasteiger partial charge is 0.379 e. The predicted molar refractivity (Wildman–Crippen MR) is 130 cm³/mol. The van der Waals surface area contributed by atoms with Crippen molar-refractivity contribution in [3.8, 4) is 0 Å². The van der Waals surface area contributed by atoms with Gasteiger partial charge < -0.3 is 4.74 Å². The summed E-state index contributed by atoms with van der Waals surface area (Å²) in [4.78, 5) is 22.8. The molecule has 0 atom stereocenters. The fourth-order valence-corrected chi connectivity index (χ4v) is 6.31. The van der Waals surface area contributed by atoms with Gasteiger partial charge in [0.05, 0.1) is 28.5 Å². The Morgan fingerprint density at radius 3 is 2.78 bits per heavy atom. The van der Waals surface area contributed by atoms with E-state index in [0.29, 0.717) is 31.8 Å². The minimum absolute atomic E-state index is 0.169. The topological polar surface area (TPSA) is 45.7 Å². The monoisotopic (exact) mass is 489 g/mol. The number of amides is 1. The van der Waals surface area contributed by atoms with Gasteiger partial charge in [-0.2, -0.15) is 0 Å². The summed E-state index contributed by atoms with van der Waals surface area (Å²) in [7, 11) is 0. The average Bonchev–Trinajstić information content (AvgIpc) is 3.38. The fourth-order valence-electron chi connectivity index (χ4n) is 3.84. The Labute approximate surface area is 198 Å². The van der Waals surface area contributed by atoms with Crippen molar-refractivity contribution in [2.45, 2.75) is 6.42 Å². The first kappa shape index (κ1) is 21.7. The van der Waals surface area contributed by atoms with Crippen LogP contribution in [-0.2, 0) is 4.74 Å². The van der Waals surface area contributed by atoms with Crippen LogP contribution in [0.3, 0.4) is 0 Å². The number of carbonyl (C=O) groups is 1. The van der Waals surface area contributed by atoms with E-state index in [2.05, 4.69) is 9.88 Å². The smallest absolute Gasteiger partial charge is 0.271 e. The number of fused-ring (bicyclic) bond motifs is 2. The third-order valence-corrected chi connectivity index (χ3v) is 8.21. The number of carbonyl (C=O) groups excluding carboxylic acids is 1. The predicted octanol–water partition coefficient (Wildman–Crippen LogP) is 5.67. The molecule has 0 radical (unpaired) electrons. The van der Waals surface area contributed by atoms with Crippen LogP contribution < -0.4 is 4.90 Å². The lowest BCUT2D eigenvalue weighted by Gasteiger charge is -2.27. The number of ether oxygens (including phenoxy) is 1. The van der Waals surface area contributed by atoms with Crippen molar-refractivity contribution in [2.75, 3.05) is 44.3 Å². The van der Waals surface area contributed by atoms with Gasteiger partial charge in [-0.1, -0.05) is 41.1 Å². The van der Waals surface area contributed by atoms with E-state index in [0.717, 1.165) is 49.4 Å². The van der Waals surface area contributed by atoms with Crippen LogP contribution in [0.1, 0.15) is 16.1 Å². The van der Waals surface area contributed by atoms with E-state index >= 15 is 0 Å². The number of rotatable bonds is 6. The van der Waals surface area contributed by atoms with Gasteiger partial charge in [0.25, 0.3) is 5.91 Å². The molecule has 0 spiro atoms. The second kappa shape index (κ2) is 9.41. The van der Waals surface area contributed by atoms with Gasteiger partial charge in [-0.15, -0.1) is 11.3 Å². The summed E-state index contributed by atoms with van der Waals surface area (Å²) in [5.74, 6) is -0.483. The van der Waals surface area contributed by atoms with Gasteiger partial charge in [0.15, 0.2) is 5.13 Å². The molecule has 0 saturated carbocycles. The number of morpholine rings is 1. The molecule has 166 valence electrons. The van der Waals surface area contributed by atoms with Gasteiger partial charge in [-0.05, 0) is 30.7 Å². The normalized spacial score (nSPS) is 14.9. The molecule has 0 bridgehead atoms. The van der Waals surface area contributed by atoms with E-state index in [4.69, 9.17) is 16.3 Å². The van der Waals surface area contributed by atoms with Crippen molar-refractivity contribution in [1.29, 1.82) is 0 Å². The van der Waals surface area contributed by atoms with Crippen molar-refractivity contribution in [2.24, 2.45) is 0 Å². The van der Waals surface area contributed by atoms with E-state index < -0.39 is 0 Å². The number of halogens is 2. The van der Waals surface area contributed by atoms with Crippen molar-refractivity contribution >= 4 is 65.6 Å². The highest BCUT2D eigenvalue weighted by molar-refractivity contribution is 7.23. The molecular weight excluding hydrogens is 469 g/mol. The van der Waals surface area contributed by atoms with E-state index in [-0.39, 0.29) is 11.7 Å². The zero-order valence-electron chi connectivity index (χ0n) is 17.2. The summed E-state index contributed by atoms with van der Waals surface area (Å²) in [6.45, 7) is 4.65. The molecule has 1 aliphatic heterocycles. The third kappa shape index (κ3) is 4.38. The Morgan fingerprint density at radius 1 is 1.16 bits per heavy atom. The van der Waals surface area contributed by atoms with E-state index in [1.807, 2.05) is 24.3 Å². The summed E-state index contributed by atoms with van der Waals surface area (Å²) in [5.41, 5.74) is 0.680. The molecule has 2 aromatic heterocycles. The lowest BCUT2D eigenvalue weighted by atomic mass is 10.2. The van der Waals surface area contributed by atoms with Gasteiger partial charge in [0.1, 0.15) is 10.7 Å². The Hall–Kier alpha value is -2.10. The van der Waals surface area contributed by atoms with Crippen LogP contribution in [0.25, 0.3) is 20.3 Å². The number of thiophene rings is 1. The molecule has 0 unspecified atom stereocenters. The number of thiazole rings is 1. The number of hydrogen-bond donors (Lipinski definition) is 0. The Balaban J connectivity index is 1.45. The second-order valence-electron chi connectivity index (χ2n) is 7.61. The SMILES string of the molecule is O=C(c1sc2ccccc2c1Cl)N(CCCN1CCOCC1)c1nc2ccc(F)cc2s1. The van der Waals surface area contributed by atoms with Crippen molar-refractivity contribution in [3.63, 3.8) is 0 Å². The zero-order chi connectivity index (χ0) is 22.1. The standard InChI is InChI=1S/C23H21ClFN3O2S2/c24-20-16-4-1-2-5-18(16)31-21(20)22(29)28(9-3-8-27-10-12-30-13-11-27)23-26-17-7-6-15(25)14-19(17)32-23/h1-2,4-7,14H,3,8-13H2. The van der Waals surface area contributed by atoms with Crippen LogP contribution in [0.15, 0.2) is 42.5 Å². The summed E-state index contributed by atoms with van der Waals surface area (Å²) in [6, 6.07) is 12.2. The Morgan fingerprint density at radius 2 is 1.97 bits per heavy atom. The molecule has 1 fully saturated rings. The van der Waals surface area contributed by atoms with E-state index in [1.165, 1.54) is 34.8 Å². The van der Waals surface area contributed by atoms with Gasteiger partial charge >= 0.3 is 0 Å². The molecular formula is C23H21ClFN3O2S2. The first-order chi connectivity index (χ1) is 15.6. The molecule has 0 N–H and O–H groups in total. The maximum atomic E-state index is 13.7. The zero-order valence-corrected chi connectivity index (χ0v) is 19.6. The summed E-state index contributed by atoms with van der Waals surface area (Å²) >= 11 is 9.33. The van der Waals surface area contributed by atoms with Crippen LogP contribution in [0.5, 0.6) is 0 Å². The van der Waals surface area contributed by atoms with Crippen molar-refractivity contribution in [1.82, 2.24) is 9.88 Å². The molecule has 0 aliphatic carbocycles. The molecule has 5 rings (SSSR count). The lowest BCUT2D eigenvalue weighted by Crippen LogP contribution is -2.39. The maximum absolute atomic E-state index is 13.7. The number of anilines is 1. The summed E-state index contributed by atoms with van der Waals surface area (Å²) in [5, 5.41) is 1.91. The van der Waals surface area contributed by atoms with Gasteiger partial charge in [0.2, 0.25) is 0 Å². The van der Waals surface area contributed by atoms with Crippen LogP contribution >= 0.6 is 34.3 Å². The van der Waals surface area contributed by atoms with Crippen LogP contribution in [-0.4, -0.2) is 55.2 Å². The highest BCUT2D eigenvalue weighted by Gasteiger charge is 2.26. The maximum Gasteiger partial charge on any atom is 0.271 e.